The average Bonchev–Trinajstić information content (AvgIpc) is 2.41. The van der Waals surface area contributed by atoms with Gasteiger partial charge in [0.2, 0.25) is 0 Å². The first-order chi connectivity index (χ1) is 6.63. The molecule has 2 atom stereocenters. The van der Waals surface area contributed by atoms with E-state index < -0.39 is 5.41 Å². The molecular weight excluding hydrogens is 178 g/mol. The molecule has 3 heteroatoms. The van der Waals surface area contributed by atoms with Crippen LogP contribution in [0.2, 0.25) is 0 Å². The van der Waals surface area contributed by atoms with Gasteiger partial charge in [0.25, 0.3) is 0 Å². The summed E-state index contributed by atoms with van der Waals surface area (Å²) in [4.78, 5) is 12.0. The van der Waals surface area contributed by atoms with Crippen LogP contribution in [0.1, 0.15) is 32.6 Å². The molecule has 2 rings (SSSR count). The molecule has 80 valence electrons. The summed E-state index contributed by atoms with van der Waals surface area (Å²) in [6.45, 7) is 3.00. The van der Waals surface area contributed by atoms with Crippen LogP contribution in [0.3, 0.4) is 0 Å². The third-order valence-electron chi connectivity index (χ3n) is 3.85. The van der Waals surface area contributed by atoms with Gasteiger partial charge >= 0.3 is 0 Å². The molecule has 0 radical (unpaired) electrons. The summed E-state index contributed by atoms with van der Waals surface area (Å²) >= 11 is 0. The quantitative estimate of drug-likeness (QED) is 0.737. The zero-order chi connectivity index (χ0) is 10.2. The van der Waals surface area contributed by atoms with Crippen LogP contribution in [-0.4, -0.2) is 25.0 Å². The maximum atomic E-state index is 12.0. The predicted octanol–water partition coefficient (Wildman–Crippen LogP) is 1.11. The molecule has 1 aliphatic heterocycles. The molecule has 0 aromatic carbocycles. The third-order valence-corrected chi connectivity index (χ3v) is 3.85. The highest BCUT2D eigenvalue weighted by atomic mass is 16.5. The van der Waals surface area contributed by atoms with Crippen LogP contribution in [-0.2, 0) is 9.53 Å². The van der Waals surface area contributed by atoms with Gasteiger partial charge in [-0.3, -0.25) is 4.79 Å². The highest BCUT2D eigenvalue weighted by molar-refractivity contribution is 5.86. The molecule has 0 bridgehead atoms. The van der Waals surface area contributed by atoms with Crippen molar-refractivity contribution in [2.24, 2.45) is 17.1 Å². The van der Waals surface area contributed by atoms with Gasteiger partial charge in [0.1, 0.15) is 5.78 Å². The van der Waals surface area contributed by atoms with E-state index >= 15 is 0 Å². The van der Waals surface area contributed by atoms with Crippen molar-refractivity contribution in [2.45, 2.75) is 38.6 Å². The molecule has 1 heterocycles. The van der Waals surface area contributed by atoms with Crippen LogP contribution in [0.15, 0.2) is 0 Å². The Hall–Kier alpha value is -0.410. The molecule has 14 heavy (non-hydrogen) atoms. The van der Waals surface area contributed by atoms with E-state index in [0.717, 1.165) is 0 Å². The molecule has 2 N–H and O–H groups in total. The Morgan fingerprint density at radius 3 is 2.71 bits per heavy atom. The summed E-state index contributed by atoms with van der Waals surface area (Å²) in [6.07, 6.45) is 4.45. The van der Waals surface area contributed by atoms with E-state index in [1.165, 1.54) is 19.3 Å². The van der Waals surface area contributed by atoms with Gasteiger partial charge in [0.15, 0.2) is 0 Å². The van der Waals surface area contributed by atoms with E-state index in [4.69, 9.17) is 10.5 Å². The Balaban J connectivity index is 1.94. The first kappa shape index (κ1) is 10.1. The normalized spacial score (nSPS) is 38.3. The fourth-order valence-corrected chi connectivity index (χ4v) is 2.17. The van der Waals surface area contributed by atoms with Gasteiger partial charge < -0.3 is 10.5 Å². The summed E-state index contributed by atoms with van der Waals surface area (Å²) in [6, 6.07) is -0.102. The lowest BCUT2D eigenvalue weighted by atomic mass is 9.73. The molecule has 0 spiro atoms. The van der Waals surface area contributed by atoms with E-state index in [1.807, 2.05) is 6.92 Å². The van der Waals surface area contributed by atoms with Gasteiger partial charge in [-0.05, 0) is 12.8 Å². The van der Waals surface area contributed by atoms with Crippen LogP contribution in [0.25, 0.3) is 0 Å². The summed E-state index contributed by atoms with van der Waals surface area (Å²) in [5, 5.41) is 0. The second-order valence-corrected chi connectivity index (χ2v) is 4.96. The van der Waals surface area contributed by atoms with Gasteiger partial charge in [-0.2, -0.15) is 0 Å². The molecule has 2 fully saturated rings. The Morgan fingerprint density at radius 2 is 2.29 bits per heavy atom. The standard InChI is InChI=1S/C11H19NO2/c1-11(7-14-6-9(11)12)10(13)5-8-3-2-4-8/h8-9H,2-7,12H2,1H3. The van der Waals surface area contributed by atoms with E-state index in [9.17, 15) is 4.79 Å². The molecule has 0 aromatic rings. The maximum absolute atomic E-state index is 12.0. The molecule has 1 saturated carbocycles. The van der Waals surface area contributed by atoms with Crippen molar-refractivity contribution in [1.82, 2.24) is 0 Å². The van der Waals surface area contributed by atoms with Crippen molar-refractivity contribution in [2.75, 3.05) is 13.2 Å². The van der Waals surface area contributed by atoms with Crippen molar-refractivity contribution in [3.8, 4) is 0 Å². The van der Waals surface area contributed by atoms with Gasteiger partial charge in [-0.25, -0.2) is 0 Å². The summed E-state index contributed by atoms with van der Waals surface area (Å²) in [5.41, 5.74) is 5.50. The number of ketones is 1. The van der Waals surface area contributed by atoms with Gasteiger partial charge in [-0.1, -0.05) is 19.3 Å². The smallest absolute Gasteiger partial charge is 0.142 e. The SMILES string of the molecule is CC1(C(=O)CC2CCC2)COCC1N. The number of Topliss-reactive ketones (excluding diaryl/α,β-unsaturated/α-hetero) is 1. The van der Waals surface area contributed by atoms with Gasteiger partial charge in [-0.15, -0.1) is 0 Å². The third kappa shape index (κ3) is 1.59. The number of hydrogen-bond donors (Lipinski definition) is 1. The number of nitrogens with two attached hydrogens (primary N) is 1. The van der Waals surface area contributed by atoms with Crippen molar-refractivity contribution >= 4 is 5.78 Å². The number of carbonyl (C=O) groups is 1. The fraction of sp³-hybridized carbons (Fsp3) is 0.909. The van der Waals surface area contributed by atoms with E-state index in [0.29, 0.717) is 31.3 Å². The molecule has 1 aliphatic carbocycles. The molecule has 2 unspecified atom stereocenters. The van der Waals surface area contributed by atoms with Crippen molar-refractivity contribution in [3.63, 3.8) is 0 Å². The summed E-state index contributed by atoms with van der Waals surface area (Å²) in [5.74, 6) is 0.944. The monoisotopic (exact) mass is 197 g/mol. The number of hydrogen-bond acceptors (Lipinski definition) is 3. The Labute approximate surface area is 85.0 Å². The number of rotatable bonds is 3. The van der Waals surface area contributed by atoms with Crippen molar-refractivity contribution < 1.29 is 9.53 Å². The van der Waals surface area contributed by atoms with E-state index in [2.05, 4.69) is 0 Å². The molecule has 1 saturated heterocycles. The van der Waals surface area contributed by atoms with Crippen LogP contribution in [0.4, 0.5) is 0 Å². The van der Waals surface area contributed by atoms with E-state index in [-0.39, 0.29) is 6.04 Å². The number of carbonyl (C=O) groups excluding carboxylic acids is 1. The van der Waals surface area contributed by atoms with Crippen molar-refractivity contribution in [1.29, 1.82) is 0 Å². The maximum Gasteiger partial charge on any atom is 0.142 e. The topological polar surface area (TPSA) is 52.3 Å². The second-order valence-electron chi connectivity index (χ2n) is 4.96. The largest absolute Gasteiger partial charge is 0.379 e. The minimum atomic E-state index is -0.407. The minimum absolute atomic E-state index is 0.102. The van der Waals surface area contributed by atoms with Crippen LogP contribution in [0, 0.1) is 11.3 Å². The number of ether oxygens (including phenoxy) is 1. The first-order valence-electron chi connectivity index (χ1n) is 5.49. The van der Waals surface area contributed by atoms with Gasteiger partial charge in [0.05, 0.1) is 18.6 Å². The molecule has 2 aliphatic rings. The highest BCUT2D eigenvalue weighted by Gasteiger charge is 2.44. The zero-order valence-electron chi connectivity index (χ0n) is 8.79. The first-order valence-corrected chi connectivity index (χ1v) is 5.49. The summed E-state index contributed by atoms with van der Waals surface area (Å²) < 4.78 is 5.28. The Kier molecular flexibility index (Phi) is 2.62. The van der Waals surface area contributed by atoms with Gasteiger partial charge in [0, 0.05) is 12.5 Å². The lowest BCUT2D eigenvalue weighted by Gasteiger charge is -2.30. The van der Waals surface area contributed by atoms with Crippen LogP contribution in [0.5, 0.6) is 0 Å². The minimum Gasteiger partial charge on any atom is -0.379 e. The highest BCUT2D eigenvalue weighted by Crippen LogP contribution is 2.35. The zero-order valence-corrected chi connectivity index (χ0v) is 8.79. The van der Waals surface area contributed by atoms with Crippen LogP contribution < -0.4 is 5.73 Å². The fourth-order valence-electron chi connectivity index (χ4n) is 2.17. The van der Waals surface area contributed by atoms with Crippen molar-refractivity contribution in [3.05, 3.63) is 0 Å². The lowest BCUT2D eigenvalue weighted by molar-refractivity contribution is -0.130. The molecule has 0 amide bonds. The Bertz CT molecular complexity index is 237. The molecule has 3 nitrogen and oxygen atoms in total. The van der Waals surface area contributed by atoms with Crippen LogP contribution >= 0.6 is 0 Å². The second kappa shape index (κ2) is 3.63. The average molecular weight is 197 g/mol. The Morgan fingerprint density at radius 1 is 1.57 bits per heavy atom. The van der Waals surface area contributed by atoms with E-state index in [1.54, 1.807) is 0 Å². The molecular formula is C11H19NO2. The summed E-state index contributed by atoms with van der Waals surface area (Å²) in [7, 11) is 0. The predicted molar refractivity (Wildman–Crippen MR) is 53.9 cm³/mol. The molecule has 0 aromatic heterocycles. The lowest BCUT2D eigenvalue weighted by Crippen LogP contribution is -2.45.